The van der Waals surface area contributed by atoms with Crippen molar-refractivity contribution in [3.63, 3.8) is 0 Å². The van der Waals surface area contributed by atoms with Crippen LogP contribution in [0.1, 0.15) is 42.5 Å². The lowest BCUT2D eigenvalue weighted by atomic mass is 9.91. The first-order chi connectivity index (χ1) is 14.0. The molecule has 4 rings (SSSR count). The van der Waals surface area contributed by atoms with Crippen molar-refractivity contribution in [2.24, 2.45) is 11.6 Å². The van der Waals surface area contributed by atoms with E-state index in [-0.39, 0.29) is 11.9 Å². The van der Waals surface area contributed by atoms with Crippen LogP contribution >= 0.6 is 0 Å². The van der Waals surface area contributed by atoms with Gasteiger partial charge in [-0.25, -0.2) is 10.2 Å². The van der Waals surface area contributed by atoms with Gasteiger partial charge < -0.3 is 21.4 Å². The number of anilines is 1. The zero-order valence-corrected chi connectivity index (χ0v) is 16.7. The highest BCUT2D eigenvalue weighted by atomic mass is 19.1. The molecule has 6 N–H and O–H groups in total. The van der Waals surface area contributed by atoms with Gasteiger partial charge in [0.15, 0.2) is 0 Å². The standard InChI is InChI=1S/C23H28FN5/c1-15(25)23-20-7-2-17(16-8-11-27-12-9-16)14-21(20)22(10-13-29(23)26)28-19-5-3-18(24)4-6-19/h2-8,14,22,27-28H,9-13,25-26H2,1H3. The highest BCUT2D eigenvalue weighted by Crippen LogP contribution is 2.37. The summed E-state index contributed by atoms with van der Waals surface area (Å²) in [6.45, 7) is 4.44. The summed E-state index contributed by atoms with van der Waals surface area (Å²) < 4.78 is 13.3. The Bertz CT molecular complexity index is 944. The quantitative estimate of drug-likeness (QED) is 0.600. The topological polar surface area (TPSA) is 79.3 Å². The van der Waals surface area contributed by atoms with E-state index >= 15 is 0 Å². The summed E-state index contributed by atoms with van der Waals surface area (Å²) >= 11 is 0. The first-order valence-electron chi connectivity index (χ1n) is 10.1. The van der Waals surface area contributed by atoms with Crippen molar-refractivity contribution in [3.8, 4) is 0 Å². The summed E-state index contributed by atoms with van der Waals surface area (Å²) in [5.41, 5.74) is 13.5. The molecule has 0 aliphatic carbocycles. The number of fused-ring (bicyclic) bond motifs is 1. The number of hydrazine groups is 1. The predicted molar refractivity (Wildman–Crippen MR) is 117 cm³/mol. The second kappa shape index (κ2) is 8.27. The van der Waals surface area contributed by atoms with E-state index in [4.69, 9.17) is 11.6 Å². The summed E-state index contributed by atoms with van der Waals surface area (Å²) in [6, 6.07) is 13.1. The van der Waals surface area contributed by atoms with Gasteiger partial charge in [0.25, 0.3) is 0 Å². The Labute approximate surface area is 171 Å². The summed E-state index contributed by atoms with van der Waals surface area (Å²) in [4.78, 5) is 0. The molecule has 0 fully saturated rings. The van der Waals surface area contributed by atoms with Crippen molar-refractivity contribution >= 4 is 17.0 Å². The third-order valence-electron chi connectivity index (χ3n) is 5.62. The molecule has 1 atom stereocenters. The molecule has 6 heteroatoms. The Balaban J connectivity index is 1.79. The lowest BCUT2D eigenvalue weighted by Crippen LogP contribution is -2.31. The minimum atomic E-state index is -0.242. The Hall–Kier alpha value is -2.83. The number of halogens is 1. The third kappa shape index (κ3) is 4.13. The highest BCUT2D eigenvalue weighted by Gasteiger charge is 2.26. The zero-order valence-electron chi connectivity index (χ0n) is 16.7. The molecule has 2 aromatic carbocycles. The number of rotatable bonds is 3. The van der Waals surface area contributed by atoms with Crippen LogP contribution in [0, 0.1) is 5.82 Å². The molecule has 2 aromatic rings. The van der Waals surface area contributed by atoms with Crippen LogP contribution in [0.15, 0.2) is 54.2 Å². The molecule has 152 valence electrons. The van der Waals surface area contributed by atoms with Crippen LogP contribution in [0.25, 0.3) is 11.3 Å². The molecule has 2 aliphatic heterocycles. The van der Waals surface area contributed by atoms with Gasteiger partial charge in [-0.2, -0.15) is 0 Å². The maximum Gasteiger partial charge on any atom is 0.123 e. The average Bonchev–Trinajstić information content (AvgIpc) is 2.86. The molecule has 0 aromatic heterocycles. The molecule has 0 bridgehead atoms. The van der Waals surface area contributed by atoms with Crippen molar-refractivity contribution in [2.45, 2.75) is 25.8 Å². The second-order valence-corrected chi connectivity index (χ2v) is 7.70. The first kappa shape index (κ1) is 19.5. The highest BCUT2D eigenvalue weighted by molar-refractivity contribution is 5.75. The Morgan fingerprint density at radius 1 is 1.21 bits per heavy atom. The molecule has 2 aliphatic rings. The van der Waals surface area contributed by atoms with Crippen molar-refractivity contribution < 1.29 is 4.39 Å². The first-order valence-corrected chi connectivity index (χ1v) is 10.1. The third-order valence-corrected chi connectivity index (χ3v) is 5.62. The predicted octanol–water partition coefficient (Wildman–Crippen LogP) is 3.58. The molecular formula is C23H28FN5. The number of benzene rings is 2. The molecule has 2 heterocycles. The lowest BCUT2D eigenvalue weighted by molar-refractivity contribution is 0.402. The van der Waals surface area contributed by atoms with Crippen LogP contribution in [0.4, 0.5) is 10.1 Å². The van der Waals surface area contributed by atoms with Crippen molar-refractivity contribution in [1.82, 2.24) is 10.3 Å². The summed E-state index contributed by atoms with van der Waals surface area (Å²) in [6.07, 6.45) is 4.07. The molecular weight excluding hydrogens is 365 g/mol. The minimum absolute atomic E-state index is 0.0422. The van der Waals surface area contributed by atoms with E-state index in [2.05, 4.69) is 34.9 Å². The fraction of sp³-hybridized carbons (Fsp3) is 0.304. The smallest absolute Gasteiger partial charge is 0.123 e. The van der Waals surface area contributed by atoms with E-state index in [0.717, 1.165) is 42.9 Å². The number of nitrogens with two attached hydrogens (primary N) is 2. The van der Waals surface area contributed by atoms with Crippen LogP contribution in [-0.4, -0.2) is 24.6 Å². The van der Waals surface area contributed by atoms with Crippen LogP contribution < -0.4 is 22.2 Å². The minimum Gasteiger partial charge on any atom is -0.401 e. The molecule has 0 spiro atoms. The van der Waals surface area contributed by atoms with E-state index in [1.807, 2.05) is 6.92 Å². The number of nitrogens with zero attached hydrogens (tertiary/aromatic N) is 1. The van der Waals surface area contributed by atoms with Gasteiger partial charge in [-0.3, -0.25) is 0 Å². The zero-order chi connectivity index (χ0) is 20.4. The average molecular weight is 394 g/mol. The van der Waals surface area contributed by atoms with Crippen LogP contribution in [0.3, 0.4) is 0 Å². The van der Waals surface area contributed by atoms with E-state index in [1.54, 1.807) is 17.1 Å². The molecule has 0 saturated heterocycles. The number of hydrogen-bond donors (Lipinski definition) is 4. The van der Waals surface area contributed by atoms with Crippen LogP contribution in [0.2, 0.25) is 0 Å². The Kier molecular flexibility index (Phi) is 5.56. The maximum absolute atomic E-state index is 13.3. The van der Waals surface area contributed by atoms with E-state index in [1.165, 1.54) is 28.8 Å². The lowest BCUT2D eigenvalue weighted by Gasteiger charge is -2.23. The molecule has 0 amide bonds. The van der Waals surface area contributed by atoms with Gasteiger partial charge in [-0.15, -0.1) is 0 Å². The van der Waals surface area contributed by atoms with E-state index in [0.29, 0.717) is 12.2 Å². The van der Waals surface area contributed by atoms with Crippen LogP contribution in [0.5, 0.6) is 0 Å². The Morgan fingerprint density at radius 2 is 2.00 bits per heavy atom. The number of nitrogens with one attached hydrogen (secondary N) is 2. The number of allylic oxidation sites excluding steroid dienone is 1. The molecule has 0 radical (unpaired) electrons. The van der Waals surface area contributed by atoms with Gasteiger partial charge >= 0.3 is 0 Å². The van der Waals surface area contributed by atoms with Gasteiger partial charge in [-0.05, 0) is 73.3 Å². The molecule has 1 unspecified atom stereocenters. The van der Waals surface area contributed by atoms with Crippen molar-refractivity contribution in [1.29, 1.82) is 0 Å². The van der Waals surface area contributed by atoms with Gasteiger partial charge in [0.2, 0.25) is 0 Å². The van der Waals surface area contributed by atoms with Gasteiger partial charge in [0.1, 0.15) is 5.82 Å². The second-order valence-electron chi connectivity index (χ2n) is 7.70. The van der Waals surface area contributed by atoms with Gasteiger partial charge in [-0.1, -0.05) is 18.2 Å². The summed E-state index contributed by atoms with van der Waals surface area (Å²) in [5.74, 6) is 6.11. The van der Waals surface area contributed by atoms with E-state index < -0.39 is 0 Å². The largest absolute Gasteiger partial charge is 0.401 e. The Morgan fingerprint density at radius 3 is 2.69 bits per heavy atom. The van der Waals surface area contributed by atoms with Crippen molar-refractivity contribution in [2.75, 3.05) is 25.0 Å². The molecule has 0 saturated carbocycles. The normalized spacial score (nSPS) is 21.1. The fourth-order valence-corrected chi connectivity index (χ4v) is 4.18. The van der Waals surface area contributed by atoms with Crippen LogP contribution in [-0.2, 0) is 0 Å². The number of hydrogen-bond acceptors (Lipinski definition) is 5. The molecule has 5 nitrogen and oxygen atoms in total. The van der Waals surface area contributed by atoms with E-state index in [9.17, 15) is 4.39 Å². The van der Waals surface area contributed by atoms with Crippen molar-refractivity contribution in [3.05, 3.63) is 76.7 Å². The summed E-state index contributed by atoms with van der Waals surface area (Å²) in [7, 11) is 0. The summed E-state index contributed by atoms with van der Waals surface area (Å²) in [5, 5.41) is 8.67. The monoisotopic (exact) mass is 393 g/mol. The van der Waals surface area contributed by atoms with Gasteiger partial charge in [0, 0.05) is 30.0 Å². The fourth-order valence-electron chi connectivity index (χ4n) is 4.18. The van der Waals surface area contributed by atoms with Gasteiger partial charge in [0.05, 0.1) is 11.7 Å². The maximum atomic E-state index is 13.3. The SMILES string of the molecule is CC(N)=C1c2ccc(C3=CCNCC3)cc2C(Nc2ccc(F)cc2)CCN1N. The molecule has 29 heavy (non-hydrogen) atoms.